The van der Waals surface area contributed by atoms with Crippen LogP contribution in [0.5, 0.6) is 11.5 Å². The van der Waals surface area contributed by atoms with Crippen LogP contribution in [0.25, 0.3) is 39.3 Å². The number of hydrogen-bond acceptors (Lipinski definition) is 8. The number of esters is 1. The summed E-state index contributed by atoms with van der Waals surface area (Å²) < 4.78 is 46.0. The molecule has 9 nitrogen and oxygen atoms in total. The third-order valence-corrected chi connectivity index (χ3v) is 7.91. The predicted molar refractivity (Wildman–Crippen MR) is 181 cm³/mol. The lowest BCUT2D eigenvalue weighted by atomic mass is 9.98. The Kier molecular flexibility index (Phi) is 9.48. The fourth-order valence-electron chi connectivity index (χ4n) is 5.79. The molecule has 10 heteroatoms. The van der Waals surface area contributed by atoms with E-state index in [-0.39, 0.29) is 13.2 Å². The van der Waals surface area contributed by atoms with Gasteiger partial charge in [0.2, 0.25) is 0 Å². The van der Waals surface area contributed by atoms with Gasteiger partial charge in [-0.25, -0.2) is 18.7 Å². The van der Waals surface area contributed by atoms with Crippen LogP contribution in [-0.4, -0.2) is 59.2 Å². The van der Waals surface area contributed by atoms with E-state index in [0.29, 0.717) is 59.6 Å². The monoisotopic (exact) mass is 653 g/mol. The number of carbonyl (C=O) groups is 1. The normalized spacial score (nSPS) is 14.2. The number of hydrogen-bond donors (Lipinski definition) is 0. The number of aryl methyl sites for hydroxylation is 2. The Morgan fingerprint density at radius 1 is 0.917 bits per heavy atom. The van der Waals surface area contributed by atoms with Crippen LogP contribution in [0.4, 0.5) is 4.39 Å². The summed E-state index contributed by atoms with van der Waals surface area (Å²) in [5.41, 5.74) is 6.44. The molecule has 0 aliphatic carbocycles. The summed E-state index contributed by atoms with van der Waals surface area (Å²) in [7, 11) is 0. The SMILES string of the molecule is CCOC(=O)[C@@H](OC(C)(C)C)c1c(C)nc2cc3nn2c1-c1ccc(C)c(c1)OCCOCCOc1cc(F)ccc1-c1cccc-3c1. The van der Waals surface area contributed by atoms with Gasteiger partial charge in [-0.3, -0.25) is 0 Å². The van der Waals surface area contributed by atoms with E-state index >= 15 is 0 Å². The molecule has 1 aliphatic rings. The highest BCUT2D eigenvalue weighted by molar-refractivity contribution is 5.83. The van der Waals surface area contributed by atoms with E-state index in [2.05, 4.69) is 0 Å². The average molecular weight is 654 g/mol. The maximum atomic E-state index is 14.3. The van der Waals surface area contributed by atoms with Crippen molar-refractivity contribution in [1.29, 1.82) is 0 Å². The van der Waals surface area contributed by atoms with Gasteiger partial charge < -0.3 is 23.7 Å². The van der Waals surface area contributed by atoms with E-state index < -0.39 is 23.5 Å². The highest BCUT2D eigenvalue weighted by Gasteiger charge is 2.34. The lowest BCUT2D eigenvalue weighted by molar-refractivity contribution is -0.166. The van der Waals surface area contributed by atoms with Crippen molar-refractivity contribution in [2.75, 3.05) is 33.0 Å². The van der Waals surface area contributed by atoms with Crippen LogP contribution >= 0.6 is 0 Å². The van der Waals surface area contributed by atoms with Crippen molar-refractivity contribution in [3.05, 3.63) is 89.4 Å². The van der Waals surface area contributed by atoms with Gasteiger partial charge in [0.15, 0.2) is 11.8 Å². The van der Waals surface area contributed by atoms with Crippen molar-refractivity contribution in [2.45, 2.75) is 53.2 Å². The molecule has 6 rings (SSSR count). The Hall–Kier alpha value is -4.80. The summed E-state index contributed by atoms with van der Waals surface area (Å²) >= 11 is 0. The molecular weight excluding hydrogens is 613 g/mol. The number of rotatable bonds is 4. The van der Waals surface area contributed by atoms with Crippen LogP contribution in [0.1, 0.15) is 50.6 Å². The Balaban J connectivity index is 1.61. The maximum absolute atomic E-state index is 14.3. The minimum atomic E-state index is -1.08. The number of nitrogens with zero attached hydrogens (tertiary/aromatic N) is 3. The van der Waals surface area contributed by atoms with E-state index in [1.54, 1.807) is 17.5 Å². The molecule has 0 unspecified atom stereocenters. The summed E-state index contributed by atoms with van der Waals surface area (Å²) in [5.74, 6) is 0.172. The zero-order valence-corrected chi connectivity index (χ0v) is 28.1. The predicted octanol–water partition coefficient (Wildman–Crippen LogP) is 7.69. The second-order valence-electron chi connectivity index (χ2n) is 12.6. The first-order valence-electron chi connectivity index (χ1n) is 16.1. The fraction of sp³-hybridized carbons (Fsp3) is 0.342. The van der Waals surface area contributed by atoms with Gasteiger partial charge in [-0.05, 0) is 76.9 Å². The summed E-state index contributed by atoms with van der Waals surface area (Å²) in [6.07, 6.45) is -1.08. The van der Waals surface area contributed by atoms with Crippen molar-refractivity contribution in [3.63, 3.8) is 0 Å². The first-order valence-corrected chi connectivity index (χ1v) is 16.1. The largest absolute Gasteiger partial charge is 0.491 e. The lowest BCUT2D eigenvalue weighted by Gasteiger charge is -2.28. The molecule has 0 N–H and O–H groups in total. The van der Waals surface area contributed by atoms with E-state index in [0.717, 1.165) is 27.8 Å². The minimum absolute atomic E-state index is 0.195. The molecule has 1 atom stereocenters. The van der Waals surface area contributed by atoms with Crippen molar-refractivity contribution < 1.29 is 32.9 Å². The van der Waals surface area contributed by atoms with Crippen LogP contribution in [-0.2, 0) is 19.0 Å². The number of benzene rings is 3. The van der Waals surface area contributed by atoms with Crippen molar-refractivity contribution >= 4 is 11.6 Å². The number of aromatic nitrogens is 3. The molecule has 1 aliphatic heterocycles. The van der Waals surface area contributed by atoms with E-state index in [9.17, 15) is 9.18 Å². The van der Waals surface area contributed by atoms with Crippen molar-refractivity contribution in [1.82, 2.24) is 14.6 Å². The lowest BCUT2D eigenvalue weighted by Crippen LogP contribution is -2.30. The Bertz CT molecular complexity index is 1960. The van der Waals surface area contributed by atoms with Crippen molar-refractivity contribution in [2.24, 2.45) is 0 Å². The zero-order chi connectivity index (χ0) is 34.0. The third-order valence-electron chi connectivity index (χ3n) is 7.91. The third kappa shape index (κ3) is 7.05. The maximum Gasteiger partial charge on any atom is 0.340 e. The Labute approximate surface area is 279 Å². The molecule has 0 spiro atoms. The molecule has 0 amide bonds. The van der Waals surface area contributed by atoms with Crippen LogP contribution in [0, 0.1) is 19.7 Å². The molecule has 2 aromatic heterocycles. The van der Waals surface area contributed by atoms with Gasteiger partial charge in [-0.2, -0.15) is 5.10 Å². The minimum Gasteiger partial charge on any atom is -0.491 e. The van der Waals surface area contributed by atoms with Gasteiger partial charge >= 0.3 is 5.97 Å². The molecule has 48 heavy (non-hydrogen) atoms. The van der Waals surface area contributed by atoms with Crippen molar-refractivity contribution in [3.8, 4) is 45.1 Å². The standard InChI is InChI=1S/C38H40FN3O6/c1-7-45-37(43)36(48-38(4,5)6)34-24(3)40-33-22-30-26-10-8-9-25(19-26)29-14-13-28(39)21-32(29)47-18-16-44-15-17-46-31-20-27(12-11-23(31)2)35(34)42(33)41-30/h8-14,19-22,36H,7,15-18H2,1-6H3/t36-/m0/s1. The van der Waals surface area contributed by atoms with Crippen LogP contribution < -0.4 is 9.47 Å². The highest BCUT2D eigenvalue weighted by atomic mass is 19.1. The molecule has 5 aromatic rings. The summed E-state index contributed by atoms with van der Waals surface area (Å²) in [6.45, 7) is 12.6. The van der Waals surface area contributed by atoms with Gasteiger partial charge in [-0.1, -0.05) is 30.3 Å². The second-order valence-corrected chi connectivity index (χ2v) is 12.6. The summed E-state index contributed by atoms with van der Waals surface area (Å²) in [6, 6.07) is 20.1. The quantitative estimate of drug-likeness (QED) is 0.182. The van der Waals surface area contributed by atoms with Crippen LogP contribution in [0.3, 0.4) is 0 Å². The van der Waals surface area contributed by atoms with Gasteiger partial charge in [0.05, 0.1) is 36.8 Å². The van der Waals surface area contributed by atoms with E-state index in [1.165, 1.54) is 12.1 Å². The summed E-state index contributed by atoms with van der Waals surface area (Å²) in [5, 5.41) is 5.07. The smallest absolute Gasteiger partial charge is 0.340 e. The molecule has 0 radical (unpaired) electrons. The first kappa shape index (κ1) is 33.1. The van der Waals surface area contributed by atoms with Gasteiger partial charge in [-0.15, -0.1) is 0 Å². The topological polar surface area (TPSA) is 93.4 Å². The average Bonchev–Trinajstić information content (AvgIpc) is 3.46. The van der Waals surface area contributed by atoms with Gasteiger partial charge in [0, 0.05) is 40.1 Å². The highest BCUT2D eigenvalue weighted by Crippen LogP contribution is 2.39. The van der Waals surface area contributed by atoms with Crippen LogP contribution in [0.15, 0.2) is 66.7 Å². The number of halogens is 1. The molecule has 6 bridgehead atoms. The number of carbonyl (C=O) groups excluding carboxylic acids is 1. The Morgan fingerprint density at radius 3 is 2.42 bits per heavy atom. The fourth-order valence-corrected chi connectivity index (χ4v) is 5.79. The number of ether oxygens (including phenoxy) is 5. The molecule has 0 saturated carbocycles. The molecule has 3 heterocycles. The molecule has 3 aromatic carbocycles. The Morgan fingerprint density at radius 2 is 1.67 bits per heavy atom. The van der Waals surface area contributed by atoms with E-state index in [1.807, 2.05) is 83.1 Å². The van der Waals surface area contributed by atoms with E-state index in [4.69, 9.17) is 33.8 Å². The molecule has 0 saturated heterocycles. The second kappa shape index (κ2) is 13.7. The number of fused-ring (bicyclic) bond motifs is 9. The van der Waals surface area contributed by atoms with Crippen LogP contribution in [0.2, 0.25) is 0 Å². The molecule has 250 valence electrons. The molecule has 0 fully saturated rings. The molecular formula is C38H40FN3O6. The van der Waals surface area contributed by atoms with Gasteiger partial charge in [0.1, 0.15) is 30.5 Å². The van der Waals surface area contributed by atoms with Gasteiger partial charge in [0.25, 0.3) is 0 Å². The zero-order valence-electron chi connectivity index (χ0n) is 28.1. The summed E-state index contributed by atoms with van der Waals surface area (Å²) in [4.78, 5) is 18.5. The first-order chi connectivity index (χ1) is 23.0.